The van der Waals surface area contributed by atoms with Crippen molar-refractivity contribution < 1.29 is 4.79 Å². The lowest BCUT2D eigenvalue weighted by molar-refractivity contribution is -0.107. The maximum absolute atomic E-state index is 10.1. The Labute approximate surface area is 73.8 Å². The Kier molecular flexibility index (Phi) is 3.23. The number of carbonyl (C=O) groups is 1. The monoisotopic (exact) mass is 213 g/mol. The van der Waals surface area contributed by atoms with Gasteiger partial charge in [-0.2, -0.15) is 0 Å². The summed E-state index contributed by atoms with van der Waals surface area (Å²) in [7, 11) is 0. The van der Waals surface area contributed by atoms with Crippen LogP contribution in [0.1, 0.15) is 12.0 Å². The Morgan fingerprint density at radius 3 is 3.09 bits per heavy atom. The average molecular weight is 214 g/mol. The summed E-state index contributed by atoms with van der Waals surface area (Å²) in [5.74, 6) is 0. The summed E-state index contributed by atoms with van der Waals surface area (Å²) in [5, 5.41) is 0. The van der Waals surface area contributed by atoms with Gasteiger partial charge in [0.15, 0.2) is 0 Å². The molecule has 3 heteroatoms. The van der Waals surface area contributed by atoms with Gasteiger partial charge >= 0.3 is 0 Å². The molecule has 0 aromatic carbocycles. The summed E-state index contributed by atoms with van der Waals surface area (Å²) in [6.45, 7) is 0. The van der Waals surface area contributed by atoms with E-state index in [-0.39, 0.29) is 0 Å². The number of aryl methyl sites for hydroxylation is 1. The summed E-state index contributed by atoms with van der Waals surface area (Å²) in [4.78, 5) is 14.0. The van der Waals surface area contributed by atoms with E-state index in [4.69, 9.17) is 0 Å². The third kappa shape index (κ3) is 2.42. The standard InChI is InChI=1S/C8H8BrNO/c9-8-6-10-4-3-7(8)2-1-5-11/h3-6H,1-2H2. The number of pyridine rings is 1. The van der Waals surface area contributed by atoms with Crippen molar-refractivity contribution in [1.29, 1.82) is 0 Å². The van der Waals surface area contributed by atoms with Crippen molar-refractivity contribution in [3.63, 3.8) is 0 Å². The van der Waals surface area contributed by atoms with Crippen LogP contribution in [0.25, 0.3) is 0 Å². The molecule has 0 N–H and O–H groups in total. The number of aldehydes is 1. The van der Waals surface area contributed by atoms with Crippen LogP contribution < -0.4 is 0 Å². The Balaban J connectivity index is 2.69. The molecule has 1 aromatic rings. The second kappa shape index (κ2) is 4.23. The second-order valence-corrected chi connectivity index (χ2v) is 3.03. The summed E-state index contributed by atoms with van der Waals surface area (Å²) >= 11 is 3.35. The molecule has 11 heavy (non-hydrogen) atoms. The van der Waals surface area contributed by atoms with Crippen LogP contribution in [0.4, 0.5) is 0 Å². The lowest BCUT2D eigenvalue weighted by atomic mass is 10.2. The van der Waals surface area contributed by atoms with Crippen LogP contribution in [0.3, 0.4) is 0 Å². The number of hydrogen-bond acceptors (Lipinski definition) is 2. The van der Waals surface area contributed by atoms with Crippen LogP contribution in [0, 0.1) is 0 Å². The molecule has 0 saturated carbocycles. The molecule has 58 valence electrons. The molecule has 0 saturated heterocycles. The highest BCUT2D eigenvalue weighted by Crippen LogP contribution is 2.15. The minimum atomic E-state index is 0.572. The first-order valence-electron chi connectivity index (χ1n) is 3.36. The fourth-order valence-corrected chi connectivity index (χ4v) is 1.27. The molecule has 0 aliphatic carbocycles. The third-order valence-electron chi connectivity index (χ3n) is 1.39. The van der Waals surface area contributed by atoms with Crippen molar-refractivity contribution in [3.05, 3.63) is 28.5 Å². The first-order chi connectivity index (χ1) is 5.34. The van der Waals surface area contributed by atoms with Gasteiger partial charge in [-0.1, -0.05) is 0 Å². The molecule has 0 bridgehead atoms. The maximum atomic E-state index is 10.1. The van der Waals surface area contributed by atoms with E-state index in [0.717, 1.165) is 22.7 Å². The van der Waals surface area contributed by atoms with E-state index in [9.17, 15) is 4.79 Å². The number of nitrogens with zero attached hydrogens (tertiary/aromatic N) is 1. The van der Waals surface area contributed by atoms with E-state index in [0.29, 0.717) is 6.42 Å². The lowest BCUT2D eigenvalue weighted by Crippen LogP contribution is -1.87. The number of halogens is 1. The van der Waals surface area contributed by atoms with E-state index < -0.39 is 0 Å². The van der Waals surface area contributed by atoms with Crippen molar-refractivity contribution in [3.8, 4) is 0 Å². The third-order valence-corrected chi connectivity index (χ3v) is 2.10. The van der Waals surface area contributed by atoms with Crippen LogP contribution in [0.2, 0.25) is 0 Å². The highest BCUT2D eigenvalue weighted by atomic mass is 79.9. The van der Waals surface area contributed by atoms with Crippen LogP contribution in [-0.2, 0) is 11.2 Å². The smallest absolute Gasteiger partial charge is 0.120 e. The molecule has 0 aliphatic heterocycles. The van der Waals surface area contributed by atoms with Crippen LogP contribution in [-0.4, -0.2) is 11.3 Å². The Bertz CT molecular complexity index is 250. The van der Waals surface area contributed by atoms with Crippen molar-refractivity contribution in [2.45, 2.75) is 12.8 Å². The Morgan fingerprint density at radius 2 is 2.45 bits per heavy atom. The molecule has 0 amide bonds. The Hall–Kier alpha value is -0.700. The topological polar surface area (TPSA) is 30.0 Å². The summed E-state index contributed by atoms with van der Waals surface area (Å²) in [5.41, 5.74) is 1.13. The fourth-order valence-electron chi connectivity index (χ4n) is 0.821. The largest absolute Gasteiger partial charge is 0.303 e. The van der Waals surface area contributed by atoms with E-state index in [1.54, 1.807) is 12.4 Å². The van der Waals surface area contributed by atoms with Crippen LogP contribution in [0.5, 0.6) is 0 Å². The SMILES string of the molecule is O=CCCc1ccncc1Br. The van der Waals surface area contributed by atoms with Gasteiger partial charge in [-0.3, -0.25) is 4.98 Å². The molecule has 0 unspecified atom stereocenters. The molecular formula is C8H8BrNO. The summed E-state index contributed by atoms with van der Waals surface area (Å²) in [6.07, 6.45) is 5.74. The minimum absolute atomic E-state index is 0.572. The quantitative estimate of drug-likeness (QED) is 0.720. The zero-order chi connectivity index (χ0) is 8.10. The highest BCUT2D eigenvalue weighted by Gasteiger charge is 1.96. The van der Waals surface area contributed by atoms with Gasteiger partial charge in [-0.25, -0.2) is 0 Å². The predicted molar refractivity (Wildman–Crippen MR) is 46.3 cm³/mol. The second-order valence-electron chi connectivity index (χ2n) is 2.17. The molecule has 1 heterocycles. The van der Waals surface area contributed by atoms with Gasteiger partial charge < -0.3 is 4.79 Å². The molecule has 1 aromatic heterocycles. The first kappa shape index (κ1) is 8.40. The first-order valence-corrected chi connectivity index (χ1v) is 4.16. The van der Waals surface area contributed by atoms with Gasteiger partial charge in [0.1, 0.15) is 6.29 Å². The maximum Gasteiger partial charge on any atom is 0.120 e. The summed E-state index contributed by atoms with van der Waals surface area (Å²) < 4.78 is 0.974. The summed E-state index contributed by atoms with van der Waals surface area (Å²) in [6, 6.07) is 1.91. The molecule has 0 spiro atoms. The van der Waals surface area contributed by atoms with Crippen molar-refractivity contribution in [1.82, 2.24) is 4.98 Å². The van der Waals surface area contributed by atoms with E-state index in [1.807, 2.05) is 6.07 Å². The number of hydrogen-bond donors (Lipinski definition) is 0. The minimum Gasteiger partial charge on any atom is -0.303 e. The van der Waals surface area contributed by atoms with Crippen molar-refractivity contribution in [2.24, 2.45) is 0 Å². The lowest BCUT2D eigenvalue weighted by Gasteiger charge is -1.98. The number of rotatable bonds is 3. The zero-order valence-corrected chi connectivity index (χ0v) is 7.54. The molecule has 0 fully saturated rings. The van der Waals surface area contributed by atoms with Gasteiger partial charge in [0.25, 0.3) is 0 Å². The van der Waals surface area contributed by atoms with Gasteiger partial charge in [-0.15, -0.1) is 0 Å². The van der Waals surface area contributed by atoms with E-state index in [1.165, 1.54) is 0 Å². The molecule has 1 rings (SSSR count). The van der Waals surface area contributed by atoms with Gasteiger partial charge in [0.2, 0.25) is 0 Å². The predicted octanol–water partition coefficient (Wildman–Crippen LogP) is 1.98. The fraction of sp³-hybridized carbons (Fsp3) is 0.250. The van der Waals surface area contributed by atoms with E-state index in [2.05, 4.69) is 20.9 Å². The normalized spacial score (nSPS) is 9.55. The molecular weight excluding hydrogens is 206 g/mol. The van der Waals surface area contributed by atoms with Crippen LogP contribution >= 0.6 is 15.9 Å². The van der Waals surface area contributed by atoms with Gasteiger partial charge in [0, 0.05) is 23.3 Å². The number of carbonyl (C=O) groups excluding carboxylic acids is 1. The van der Waals surface area contributed by atoms with Gasteiger partial charge in [-0.05, 0) is 34.0 Å². The van der Waals surface area contributed by atoms with Crippen molar-refractivity contribution >= 4 is 22.2 Å². The van der Waals surface area contributed by atoms with Crippen LogP contribution in [0.15, 0.2) is 22.9 Å². The number of aromatic nitrogens is 1. The molecule has 0 radical (unpaired) electrons. The van der Waals surface area contributed by atoms with Crippen molar-refractivity contribution in [2.75, 3.05) is 0 Å². The zero-order valence-electron chi connectivity index (χ0n) is 5.96. The Morgan fingerprint density at radius 1 is 1.64 bits per heavy atom. The molecule has 0 atom stereocenters. The van der Waals surface area contributed by atoms with Gasteiger partial charge in [0.05, 0.1) is 0 Å². The highest BCUT2D eigenvalue weighted by molar-refractivity contribution is 9.10. The molecule has 0 aliphatic rings. The molecule has 2 nitrogen and oxygen atoms in total. The average Bonchev–Trinajstić information content (AvgIpc) is 2.03. The van der Waals surface area contributed by atoms with E-state index >= 15 is 0 Å².